The molecule has 0 saturated heterocycles. The molecule has 1 aliphatic rings. The minimum atomic E-state index is 0.410. The molecule has 0 spiro atoms. The molecule has 0 amide bonds. The van der Waals surface area contributed by atoms with Gasteiger partial charge in [0.2, 0.25) is 0 Å². The Morgan fingerprint density at radius 3 is 3.00 bits per heavy atom. The molecule has 0 N–H and O–H groups in total. The van der Waals surface area contributed by atoms with Crippen molar-refractivity contribution >= 4 is 39.0 Å². The van der Waals surface area contributed by atoms with Gasteiger partial charge in [0.25, 0.3) is 0 Å². The Hall–Kier alpha value is -1.06. The fourth-order valence-electron chi connectivity index (χ4n) is 2.68. The van der Waals surface area contributed by atoms with Crippen molar-refractivity contribution in [2.45, 2.75) is 25.3 Å². The minimum absolute atomic E-state index is 0.410. The summed E-state index contributed by atoms with van der Waals surface area (Å²) < 4.78 is 0.965. The zero-order chi connectivity index (χ0) is 13.4. The van der Waals surface area contributed by atoms with E-state index in [0.717, 1.165) is 22.3 Å². The third-order valence-electron chi connectivity index (χ3n) is 3.49. The topological polar surface area (TPSA) is 16.1 Å². The summed E-state index contributed by atoms with van der Waals surface area (Å²) in [6, 6.07) is 11.0. The molecule has 4 heteroatoms. The zero-order valence-corrected chi connectivity index (χ0v) is 12.9. The summed E-state index contributed by atoms with van der Waals surface area (Å²) in [6.07, 6.45) is 2.88. The standard InChI is InChI=1S/C15H14BrClN2/c1-10-6-11-4-2-3-5-14(11)19(10)15-12(8-17)7-13(16)9-18-15/h2-5,7,9-10H,6,8H2,1H3. The average molecular weight is 338 g/mol. The molecule has 1 aromatic carbocycles. The number of rotatable bonds is 2. The Balaban J connectivity index is 2.12. The van der Waals surface area contributed by atoms with E-state index in [2.05, 4.69) is 57.0 Å². The van der Waals surface area contributed by atoms with Crippen molar-refractivity contribution in [2.24, 2.45) is 0 Å². The molecule has 0 bridgehead atoms. The van der Waals surface area contributed by atoms with Gasteiger partial charge in [-0.25, -0.2) is 4.98 Å². The van der Waals surface area contributed by atoms with E-state index in [1.807, 2.05) is 12.3 Å². The lowest BCUT2D eigenvalue weighted by atomic mass is 10.1. The number of fused-ring (bicyclic) bond motifs is 1. The third-order valence-corrected chi connectivity index (χ3v) is 4.21. The first-order valence-electron chi connectivity index (χ1n) is 6.28. The van der Waals surface area contributed by atoms with E-state index in [9.17, 15) is 0 Å². The first-order chi connectivity index (χ1) is 9.20. The minimum Gasteiger partial charge on any atom is -0.323 e. The Kier molecular flexibility index (Phi) is 3.50. The predicted molar refractivity (Wildman–Crippen MR) is 83.2 cm³/mol. The van der Waals surface area contributed by atoms with Crippen LogP contribution in [0, 0.1) is 0 Å². The smallest absolute Gasteiger partial charge is 0.137 e. The van der Waals surface area contributed by atoms with Crippen LogP contribution in [0.2, 0.25) is 0 Å². The molecule has 0 fully saturated rings. The number of pyridine rings is 1. The summed E-state index contributed by atoms with van der Waals surface area (Å²) in [5, 5.41) is 0. The molecule has 2 heterocycles. The van der Waals surface area contributed by atoms with Gasteiger partial charge in [0.1, 0.15) is 5.82 Å². The van der Waals surface area contributed by atoms with E-state index < -0.39 is 0 Å². The molecular formula is C15H14BrClN2. The van der Waals surface area contributed by atoms with E-state index in [-0.39, 0.29) is 0 Å². The van der Waals surface area contributed by atoms with Crippen LogP contribution in [0.25, 0.3) is 0 Å². The number of benzene rings is 1. The molecule has 1 unspecified atom stereocenters. The van der Waals surface area contributed by atoms with Gasteiger partial charge in [0, 0.05) is 28.0 Å². The molecule has 3 rings (SSSR count). The average Bonchev–Trinajstić information content (AvgIpc) is 2.74. The molecule has 1 atom stereocenters. The van der Waals surface area contributed by atoms with Gasteiger partial charge in [-0.2, -0.15) is 0 Å². The maximum absolute atomic E-state index is 6.07. The first kappa shape index (κ1) is 12.9. The van der Waals surface area contributed by atoms with Crippen molar-refractivity contribution in [3.8, 4) is 0 Å². The largest absolute Gasteiger partial charge is 0.323 e. The van der Waals surface area contributed by atoms with E-state index in [1.54, 1.807) is 0 Å². The first-order valence-corrected chi connectivity index (χ1v) is 7.61. The normalized spacial score (nSPS) is 17.6. The molecular weight excluding hydrogens is 324 g/mol. The summed E-state index contributed by atoms with van der Waals surface area (Å²) in [4.78, 5) is 6.87. The summed E-state index contributed by atoms with van der Waals surface area (Å²) >= 11 is 9.52. The Bertz CT molecular complexity index is 615. The Morgan fingerprint density at radius 1 is 1.42 bits per heavy atom. The lowest BCUT2D eigenvalue weighted by molar-refractivity contribution is 0.747. The van der Waals surface area contributed by atoms with Crippen molar-refractivity contribution in [2.75, 3.05) is 4.90 Å². The van der Waals surface area contributed by atoms with E-state index >= 15 is 0 Å². The molecule has 2 aromatic rings. The second-order valence-electron chi connectivity index (χ2n) is 4.82. The number of alkyl halides is 1. The lowest BCUT2D eigenvalue weighted by Crippen LogP contribution is -2.25. The quantitative estimate of drug-likeness (QED) is 0.741. The van der Waals surface area contributed by atoms with Gasteiger partial charge in [-0.1, -0.05) is 18.2 Å². The van der Waals surface area contributed by atoms with Crippen LogP contribution in [0.5, 0.6) is 0 Å². The summed E-state index contributed by atoms with van der Waals surface area (Å²) in [7, 11) is 0. The van der Waals surface area contributed by atoms with Crippen LogP contribution in [0.15, 0.2) is 41.0 Å². The molecule has 0 saturated carbocycles. The number of halogens is 2. The number of hydrogen-bond acceptors (Lipinski definition) is 2. The van der Waals surface area contributed by atoms with Crippen LogP contribution in [-0.4, -0.2) is 11.0 Å². The van der Waals surface area contributed by atoms with Gasteiger partial charge in [0.15, 0.2) is 0 Å². The molecule has 19 heavy (non-hydrogen) atoms. The van der Waals surface area contributed by atoms with Crippen molar-refractivity contribution in [1.29, 1.82) is 0 Å². The van der Waals surface area contributed by atoms with Crippen molar-refractivity contribution in [3.63, 3.8) is 0 Å². The number of para-hydroxylation sites is 1. The number of aromatic nitrogens is 1. The van der Waals surface area contributed by atoms with Crippen molar-refractivity contribution in [3.05, 3.63) is 52.1 Å². The Morgan fingerprint density at radius 2 is 2.21 bits per heavy atom. The summed E-state index contributed by atoms with van der Waals surface area (Å²) in [5.41, 5.74) is 3.68. The second-order valence-corrected chi connectivity index (χ2v) is 6.00. The van der Waals surface area contributed by atoms with E-state index in [1.165, 1.54) is 11.3 Å². The maximum Gasteiger partial charge on any atom is 0.137 e. The van der Waals surface area contributed by atoms with Crippen LogP contribution in [0.4, 0.5) is 11.5 Å². The number of nitrogens with zero attached hydrogens (tertiary/aromatic N) is 2. The van der Waals surface area contributed by atoms with Crippen LogP contribution in [-0.2, 0) is 12.3 Å². The number of hydrogen-bond donors (Lipinski definition) is 0. The van der Waals surface area contributed by atoms with Crippen molar-refractivity contribution < 1.29 is 0 Å². The number of anilines is 2. The van der Waals surface area contributed by atoms with Crippen molar-refractivity contribution in [1.82, 2.24) is 4.98 Å². The summed E-state index contributed by atoms with van der Waals surface area (Å²) in [5.74, 6) is 1.43. The van der Waals surface area contributed by atoms with Crippen LogP contribution in [0.3, 0.4) is 0 Å². The summed E-state index contributed by atoms with van der Waals surface area (Å²) in [6.45, 7) is 2.22. The van der Waals surface area contributed by atoms with Gasteiger partial charge in [0.05, 0.1) is 5.88 Å². The molecule has 0 radical (unpaired) electrons. The maximum atomic E-state index is 6.07. The lowest BCUT2D eigenvalue weighted by Gasteiger charge is -2.25. The highest BCUT2D eigenvalue weighted by Gasteiger charge is 2.29. The van der Waals surface area contributed by atoms with Gasteiger partial charge in [-0.3, -0.25) is 0 Å². The highest BCUT2D eigenvalue weighted by molar-refractivity contribution is 9.10. The fourth-order valence-corrected chi connectivity index (χ4v) is 3.25. The van der Waals surface area contributed by atoms with E-state index in [0.29, 0.717) is 11.9 Å². The molecule has 0 aliphatic carbocycles. The van der Waals surface area contributed by atoms with Crippen LogP contribution >= 0.6 is 27.5 Å². The molecule has 98 valence electrons. The SMILES string of the molecule is CC1Cc2ccccc2N1c1ncc(Br)cc1CCl. The Labute approximate surface area is 126 Å². The van der Waals surface area contributed by atoms with Gasteiger partial charge in [-0.05, 0) is 47.0 Å². The third kappa shape index (κ3) is 2.26. The predicted octanol–water partition coefficient (Wildman–Crippen LogP) is 4.67. The van der Waals surface area contributed by atoms with Crippen LogP contribution < -0.4 is 4.90 Å². The van der Waals surface area contributed by atoms with Gasteiger partial charge < -0.3 is 4.90 Å². The highest BCUT2D eigenvalue weighted by atomic mass is 79.9. The fraction of sp³-hybridized carbons (Fsp3) is 0.267. The molecule has 1 aromatic heterocycles. The van der Waals surface area contributed by atoms with Gasteiger partial charge in [-0.15, -0.1) is 11.6 Å². The molecule has 2 nitrogen and oxygen atoms in total. The highest BCUT2D eigenvalue weighted by Crippen LogP contribution is 2.39. The van der Waals surface area contributed by atoms with Gasteiger partial charge >= 0.3 is 0 Å². The van der Waals surface area contributed by atoms with E-state index in [4.69, 9.17) is 11.6 Å². The molecule has 1 aliphatic heterocycles. The van der Waals surface area contributed by atoms with Crippen LogP contribution in [0.1, 0.15) is 18.1 Å². The zero-order valence-electron chi connectivity index (χ0n) is 10.6. The second kappa shape index (κ2) is 5.14. The monoisotopic (exact) mass is 336 g/mol.